The summed E-state index contributed by atoms with van der Waals surface area (Å²) in [6.07, 6.45) is 5.10. The highest BCUT2D eigenvalue weighted by Crippen LogP contribution is 2.28. The summed E-state index contributed by atoms with van der Waals surface area (Å²) in [4.78, 5) is 0. The van der Waals surface area contributed by atoms with Crippen LogP contribution in [0.15, 0.2) is 41.1 Å². The number of benzene rings is 1. The molecular formula is C14H18BrN3. The Morgan fingerprint density at radius 2 is 2.17 bits per heavy atom. The molecule has 0 aliphatic heterocycles. The molecule has 2 aromatic rings. The first-order chi connectivity index (χ1) is 8.72. The summed E-state index contributed by atoms with van der Waals surface area (Å²) in [5, 5.41) is 7.83. The van der Waals surface area contributed by atoms with Crippen molar-refractivity contribution in [2.24, 2.45) is 7.05 Å². The molecule has 2 rings (SSSR count). The van der Waals surface area contributed by atoms with E-state index in [-0.39, 0.29) is 6.04 Å². The molecule has 1 atom stereocenters. The van der Waals surface area contributed by atoms with Crippen LogP contribution in [0.3, 0.4) is 0 Å². The lowest BCUT2D eigenvalue weighted by atomic mass is 10.0. The zero-order valence-electron chi connectivity index (χ0n) is 10.7. The van der Waals surface area contributed by atoms with Crippen molar-refractivity contribution in [3.63, 3.8) is 0 Å². The van der Waals surface area contributed by atoms with Crippen LogP contribution in [0.5, 0.6) is 0 Å². The molecule has 0 bridgehead atoms. The van der Waals surface area contributed by atoms with Crippen molar-refractivity contribution in [1.82, 2.24) is 15.1 Å². The number of nitrogens with one attached hydrogen (secondary N) is 1. The summed E-state index contributed by atoms with van der Waals surface area (Å²) >= 11 is 3.63. The molecule has 0 aliphatic carbocycles. The molecule has 0 saturated carbocycles. The number of hydrogen-bond donors (Lipinski definition) is 1. The summed E-state index contributed by atoms with van der Waals surface area (Å²) in [5.74, 6) is 0. The minimum atomic E-state index is 0.189. The predicted molar refractivity (Wildman–Crippen MR) is 77.5 cm³/mol. The van der Waals surface area contributed by atoms with Crippen molar-refractivity contribution in [2.75, 3.05) is 6.54 Å². The van der Waals surface area contributed by atoms with E-state index in [4.69, 9.17) is 0 Å². The maximum absolute atomic E-state index is 4.26. The topological polar surface area (TPSA) is 29.9 Å². The second-order valence-electron chi connectivity index (χ2n) is 4.36. The van der Waals surface area contributed by atoms with Gasteiger partial charge in [-0.1, -0.05) is 41.1 Å². The van der Waals surface area contributed by atoms with Gasteiger partial charge in [0.2, 0.25) is 0 Å². The number of aromatic nitrogens is 2. The molecule has 18 heavy (non-hydrogen) atoms. The van der Waals surface area contributed by atoms with E-state index in [0.29, 0.717) is 0 Å². The Morgan fingerprint density at radius 3 is 2.78 bits per heavy atom. The molecule has 4 heteroatoms. The number of rotatable bonds is 5. The van der Waals surface area contributed by atoms with E-state index in [9.17, 15) is 0 Å². The summed E-state index contributed by atoms with van der Waals surface area (Å²) in [7, 11) is 1.94. The lowest BCUT2D eigenvalue weighted by Crippen LogP contribution is -2.23. The lowest BCUT2D eigenvalue weighted by Gasteiger charge is -2.19. The highest BCUT2D eigenvalue weighted by molar-refractivity contribution is 9.10. The van der Waals surface area contributed by atoms with Gasteiger partial charge in [0, 0.05) is 23.3 Å². The number of aryl methyl sites for hydroxylation is 1. The fourth-order valence-corrected chi connectivity index (χ4v) is 2.51. The monoisotopic (exact) mass is 307 g/mol. The first-order valence-corrected chi connectivity index (χ1v) is 6.98. The molecule has 0 radical (unpaired) electrons. The first-order valence-electron chi connectivity index (χ1n) is 6.18. The molecule has 1 heterocycles. The molecule has 0 fully saturated rings. The normalized spacial score (nSPS) is 12.6. The van der Waals surface area contributed by atoms with Crippen LogP contribution in [0.25, 0.3) is 0 Å². The summed E-state index contributed by atoms with van der Waals surface area (Å²) < 4.78 is 2.97. The van der Waals surface area contributed by atoms with Crippen LogP contribution in [0, 0.1) is 0 Å². The SMILES string of the molecule is CCCNC(c1cnn(C)c1)c1ccccc1Br. The molecule has 96 valence electrons. The highest BCUT2D eigenvalue weighted by Gasteiger charge is 2.16. The van der Waals surface area contributed by atoms with Crippen LogP contribution in [-0.4, -0.2) is 16.3 Å². The van der Waals surface area contributed by atoms with Crippen LogP contribution in [-0.2, 0) is 7.05 Å². The van der Waals surface area contributed by atoms with E-state index >= 15 is 0 Å². The van der Waals surface area contributed by atoms with Gasteiger partial charge in [-0.05, 0) is 24.6 Å². The molecule has 0 amide bonds. The molecule has 0 saturated heterocycles. The Morgan fingerprint density at radius 1 is 1.39 bits per heavy atom. The Hall–Kier alpha value is -1.13. The minimum absolute atomic E-state index is 0.189. The van der Waals surface area contributed by atoms with Gasteiger partial charge in [0.05, 0.1) is 12.2 Å². The fourth-order valence-electron chi connectivity index (χ4n) is 1.99. The Kier molecular flexibility index (Phi) is 4.55. The van der Waals surface area contributed by atoms with Gasteiger partial charge < -0.3 is 5.32 Å². The molecule has 3 nitrogen and oxygen atoms in total. The van der Waals surface area contributed by atoms with E-state index in [0.717, 1.165) is 17.4 Å². The maximum Gasteiger partial charge on any atom is 0.0619 e. The Labute approximate surface area is 116 Å². The number of halogens is 1. The van der Waals surface area contributed by atoms with Gasteiger partial charge in [-0.2, -0.15) is 5.10 Å². The van der Waals surface area contributed by atoms with Crippen molar-refractivity contribution in [1.29, 1.82) is 0 Å². The molecule has 1 aromatic heterocycles. The maximum atomic E-state index is 4.26. The third-order valence-corrected chi connectivity index (χ3v) is 3.60. The van der Waals surface area contributed by atoms with Gasteiger partial charge in [0.15, 0.2) is 0 Å². The molecule has 0 aliphatic rings. The van der Waals surface area contributed by atoms with Gasteiger partial charge in [-0.25, -0.2) is 0 Å². The van der Waals surface area contributed by atoms with Crippen LogP contribution >= 0.6 is 15.9 Å². The minimum Gasteiger partial charge on any atom is -0.306 e. The average molecular weight is 308 g/mol. The molecule has 0 spiro atoms. The average Bonchev–Trinajstić information content (AvgIpc) is 2.78. The van der Waals surface area contributed by atoms with Crippen LogP contribution in [0.1, 0.15) is 30.5 Å². The zero-order valence-corrected chi connectivity index (χ0v) is 12.3. The van der Waals surface area contributed by atoms with E-state index in [1.165, 1.54) is 11.1 Å². The Bertz CT molecular complexity index is 507. The van der Waals surface area contributed by atoms with Gasteiger partial charge in [0.25, 0.3) is 0 Å². The van der Waals surface area contributed by atoms with E-state index in [1.54, 1.807) is 0 Å². The first kappa shape index (κ1) is 13.3. The van der Waals surface area contributed by atoms with Crippen LogP contribution < -0.4 is 5.32 Å². The quantitative estimate of drug-likeness (QED) is 0.919. The van der Waals surface area contributed by atoms with Crippen molar-refractivity contribution >= 4 is 15.9 Å². The zero-order chi connectivity index (χ0) is 13.0. The number of hydrogen-bond acceptors (Lipinski definition) is 2. The standard InChI is InChI=1S/C14H18BrN3/c1-3-8-16-14(11-9-17-18(2)10-11)12-6-4-5-7-13(12)15/h4-7,9-10,14,16H,3,8H2,1-2H3. The molecule has 1 unspecified atom stereocenters. The van der Waals surface area contributed by atoms with Crippen molar-refractivity contribution in [3.8, 4) is 0 Å². The van der Waals surface area contributed by atoms with Crippen molar-refractivity contribution in [2.45, 2.75) is 19.4 Å². The largest absolute Gasteiger partial charge is 0.306 e. The van der Waals surface area contributed by atoms with Gasteiger partial charge in [0.1, 0.15) is 0 Å². The summed E-state index contributed by atoms with van der Waals surface area (Å²) in [5.41, 5.74) is 2.44. The van der Waals surface area contributed by atoms with Crippen molar-refractivity contribution < 1.29 is 0 Å². The highest BCUT2D eigenvalue weighted by atomic mass is 79.9. The van der Waals surface area contributed by atoms with Gasteiger partial charge >= 0.3 is 0 Å². The summed E-state index contributed by atoms with van der Waals surface area (Å²) in [6, 6.07) is 8.51. The fraction of sp³-hybridized carbons (Fsp3) is 0.357. The second-order valence-corrected chi connectivity index (χ2v) is 5.21. The van der Waals surface area contributed by atoms with Crippen molar-refractivity contribution in [3.05, 3.63) is 52.3 Å². The third-order valence-electron chi connectivity index (χ3n) is 2.87. The second kappa shape index (κ2) is 6.16. The molecule has 1 N–H and O–H groups in total. The van der Waals surface area contributed by atoms with Gasteiger partial charge in [-0.3, -0.25) is 4.68 Å². The van der Waals surface area contributed by atoms with Crippen LogP contribution in [0.4, 0.5) is 0 Å². The van der Waals surface area contributed by atoms with Gasteiger partial charge in [-0.15, -0.1) is 0 Å². The third kappa shape index (κ3) is 3.00. The number of nitrogens with zero attached hydrogens (tertiary/aromatic N) is 2. The lowest BCUT2D eigenvalue weighted by molar-refractivity contribution is 0.596. The summed E-state index contributed by atoms with van der Waals surface area (Å²) in [6.45, 7) is 3.16. The van der Waals surface area contributed by atoms with Crippen LogP contribution in [0.2, 0.25) is 0 Å². The molecule has 1 aromatic carbocycles. The van der Waals surface area contributed by atoms with E-state index < -0.39 is 0 Å². The predicted octanol–water partition coefficient (Wildman–Crippen LogP) is 3.27. The smallest absolute Gasteiger partial charge is 0.0619 e. The van der Waals surface area contributed by atoms with E-state index in [1.807, 2.05) is 24.0 Å². The Balaban J connectivity index is 2.33. The van der Waals surface area contributed by atoms with E-state index in [2.05, 4.69) is 57.7 Å². The molecular weight excluding hydrogens is 290 g/mol.